The van der Waals surface area contributed by atoms with Crippen LogP contribution in [-0.4, -0.2) is 32.4 Å². The van der Waals surface area contributed by atoms with Crippen LogP contribution in [-0.2, 0) is 11.2 Å². The summed E-state index contributed by atoms with van der Waals surface area (Å²) < 4.78 is 11.2. The highest BCUT2D eigenvalue weighted by Crippen LogP contribution is 2.29. The maximum absolute atomic E-state index is 6.12. The predicted octanol–water partition coefficient (Wildman–Crippen LogP) is 3.29. The molecule has 2 rings (SSSR count). The molecule has 112 valence electrons. The monoisotopic (exact) mass is 297 g/mol. The van der Waals surface area contributed by atoms with Gasteiger partial charge in [0.1, 0.15) is 5.75 Å². The summed E-state index contributed by atoms with van der Waals surface area (Å²) in [6.45, 7) is 6.07. The van der Waals surface area contributed by atoms with Crippen LogP contribution in [0.1, 0.15) is 25.8 Å². The highest BCUT2D eigenvalue weighted by Gasteiger charge is 2.29. The van der Waals surface area contributed by atoms with E-state index < -0.39 is 0 Å². The van der Waals surface area contributed by atoms with Crippen molar-refractivity contribution in [1.29, 1.82) is 0 Å². The van der Waals surface area contributed by atoms with Gasteiger partial charge in [-0.2, -0.15) is 0 Å². The van der Waals surface area contributed by atoms with Gasteiger partial charge >= 0.3 is 0 Å². The van der Waals surface area contributed by atoms with E-state index in [2.05, 4.69) is 19.2 Å². The Balaban J connectivity index is 2.13. The summed E-state index contributed by atoms with van der Waals surface area (Å²) in [4.78, 5) is 0. The summed E-state index contributed by atoms with van der Waals surface area (Å²) >= 11 is 6.12. The second-order valence-electron chi connectivity index (χ2n) is 5.46. The summed E-state index contributed by atoms with van der Waals surface area (Å²) in [6, 6.07) is 6.21. The lowest BCUT2D eigenvalue weighted by atomic mass is 9.91. The number of hydrogen-bond donors (Lipinski definition) is 1. The number of halogens is 1. The Kier molecular flexibility index (Phi) is 5.70. The van der Waals surface area contributed by atoms with Crippen molar-refractivity contribution in [3.8, 4) is 5.75 Å². The van der Waals surface area contributed by atoms with Gasteiger partial charge in [-0.05, 0) is 50.1 Å². The number of methoxy groups -OCH3 is 1. The summed E-state index contributed by atoms with van der Waals surface area (Å²) in [5.41, 5.74) is 1.16. The molecule has 3 unspecified atom stereocenters. The number of rotatable bonds is 6. The fraction of sp³-hybridized carbons (Fsp3) is 0.625. The summed E-state index contributed by atoms with van der Waals surface area (Å²) in [5.74, 6) is 1.46. The summed E-state index contributed by atoms with van der Waals surface area (Å²) in [7, 11) is 1.70. The molecule has 0 aliphatic carbocycles. The normalized spacial score (nSPS) is 23.8. The second kappa shape index (κ2) is 7.30. The second-order valence-corrected chi connectivity index (χ2v) is 5.90. The van der Waals surface area contributed by atoms with Crippen LogP contribution in [0.25, 0.3) is 0 Å². The first kappa shape index (κ1) is 15.6. The van der Waals surface area contributed by atoms with Gasteiger partial charge in [-0.3, -0.25) is 0 Å². The lowest BCUT2D eigenvalue weighted by Gasteiger charge is -2.24. The Morgan fingerprint density at radius 1 is 1.50 bits per heavy atom. The van der Waals surface area contributed by atoms with Crippen molar-refractivity contribution in [3.05, 3.63) is 28.8 Å². The molecule has 1 aliphatic heterocycles. The average molecular weight is 298 g/mol. The number of hydrogen-bond acceptors (Lipinski definition) is 3. The molecule has 1 fully saturated rings. The van der Waals surface area contributed by atoms with Crippen LogP contribution in [0, 0.1) is 5.92 Å². The number of nitrogens with one attached hydrogen (secondary N) is 1. The first-order valence-electron chi connectivity index (χ1n) is 7.31. The van der Waals surface area contributed by atoms with Crippen LogP contribution in [0.3, 0.4) is 0 Å². The summed E-state index contributed by atoms with van der Waals surface area (Å²) in [6.07, 6.45) is 2.39. The molecule has 3 atom stereocenters. The fourth-order valence-corrected chi connectivity index (χ4v) is 3.14. The van der Waals surface area contributed by atoms with Crippen LogP contribution in [0.5, 0.6) is 5.75 Å². The van der Waals surface area contributed by atoms with Crippen LogP contribution in [0.2, 0.25) is 5.02 Å². The Morgan fingerprint density at radius 3 is 2.90 bits per heavy atom. The van der Waals surface area contributed by atoms with E-state index in [0.717, 1.165) is 42.3 Å². The van der Waals surface area contributed by atoms with Gasteiger partial charge in [0.05, 0.1) is 19.8 Å². The van der Waals surface area contributed by atoms with Crippen molar-refractivity contribution < 1.29 is 9.47 Å². The molecular weight excluding hydrogens is 274 g/mol. The number of benzene rings is 1. The van der Waals surface area contributed by atoms with E-state index in [1.165, 1.54) is 0 Å². The topological polar surface area (TPSA) is 30.5 Å². The predicted molar refractivity (Wildman–Crippen MR) is 82.7 cm³/mol. The van der Waals surface area contributed by atoms with E-state index in [1.54, 1.807) is 7.11 Å². The Morgan fingerprint density at radius 2 is 2.30 bits per heavy atom. The molecule has 4 heteroatoms. The lowest BCUT2D eigenvalue weighted by Crippen LogP contribution is -2.38. The van der Waals surface area contributed by atoms with Crippen molar-refractivity contribution in [2.75, 3.05) is 20.3 Å². The molecule has 1 saturated heterocycles. The van der Waals surface area contributed by atoms with E-state index in [1.807, 2.05) is 18.2 Å². The van der Waals surface area contributed by atoms with Crippen LogP contribution in [0.15, 0.2) is 18.2 Å². The lowest BCUT2D eigenvalue weighted by molar-refractivity contribution is 0.117. The zero-order chi connectivity index (χ0) is 14.5. The van der Waals surface area contributed by atoms with E-state index in [9.17, 15) is 0 Å². The van der Waals surface area contributed by atoms with Gasteiger partial charge < -0.3 is 14.8 Å². The van der Waals surface area contributed by atoms with Gasteiger partial charge in [-0.25, -0.2) is 0 Å². The zero-order valence-electron chi connectivity index (χ0n) is 12.5. The maximum Gasteiger partial charge on any atom is 0.122 e. The van der Waals surface area contributed by atoms with E-state index in [0.29, 0.717) is 18.1 Å². The molecular formula is C16H24ClNO2. The molecule has 0 spiro atoms. The SMILES string of the molecule is CCNC(Cc1cc(Cl)ccc1OC)C1COC(C)C1. The van der Waals surface area contributed by atoms with Gasteiger partial charge in [0, 0.05) is 17.0 Å². The van der Waals surface area contributed by atoms with Gasteiger partial charge in [-0.1, -0.05) is 18.5 Å². The molecule has 3 nitrogen and oxygen atoms in total. The van der Waals surface area contributed by atoms with E-state index in [-0.39, 0.29) is 0 Å². The minimum absolute atomic E-state index is 0.363. The standard InChI is InChI=1S/C16H24ClNO2/c1-4-18-15(13-7-11(2)20-10-13)9-12-8-14(17)5-6-16(12)19-3/h5-6,8,11,13,15,18H,4,7,9-10H2,1-3H3. The largest absolute Gasteiger partial charge is 0.496 e. The molecule has 1 heterocycles. The first-order chi connectivity index (χ1) is 9.63. The third-order valence-corrected chi connectivity index (χ3v) is 4.18. The average Bonchev–Trinajstić information content (AvgIpc) is 2.85. The summed E-state index contributed by atoms with van der Waals surface area (Å²) in [5, 5.41) is 4.34. The molecule has 0 aromatic heterocycles. The quantitative estimate of drug-likeness (QED) is 0.874. The van der Waals surface area contributed by atoms with E-state index in [4.69, 9.17) is 21.1 Å². The van der Waals surface area contributed by atoms with Crippen LogP contribution in [0.4, 0.5) is 0 Å². The molecule has 1 N–H and O–H groups in total. The van der Waals surface area contributed by atoms with Gasteiger partial charge in [-0.15, -0.1) is 0 Å². The number of ether oxygens (including phenoxy) is 2. The van der Waals surface area contributed by atoms with Crippen LogP contribution < -0.4 is 10.1 Å². The maximum atomic E-state index is 6.12. The molecule has 1 aromatic carbocycles. The van der Waals surface area contributed by atoms with Crippen molar-refractivity contribution in [3.63, 3.8) is 0 Å². The molecule has 0 bridgehead atoms. The molecule has 1 aromatic rings. The van der Waals surface area contributed by atoms with Crippen molar-refractivity contribution >= 4 is 11.6 Å². The third-order valence-electron chi connectivity index (χ3n) is 3.95. The van der Waals surface area contributed by atoms with Gasteiger partial charge in [0.25, 0.3) is 0 Å². The number of likely N-dealkylation sites (N-methyl/N-ethyl adjacent to an activating group) is 1. The van der Waals surface area contributed by atoms with Gasteiger partial charge in [0.15, 0.2) is 0 Å². The first-order valence-corrected chi connectivity index (χ1v) is 7.69. The fourth-order valence-electron chi connectivity index (χ4n) is 2.94. The Hall–Kier alpha value is -0.770. The minimum Gasteiger partial charge on any atom is -0.496 e. The minimum atomic E-state index is 0.363. The highest BCUT2D eigenvalue weighted by atomic mass is 35.5. The third kappa shape index (κ3) is 3.87. The van der Waals surface area contributed by atoms with Crippen molar-refractivity contribution in [1.82, 2.24) is 5.32 Å². The Bertz CT molecular complexity index is 438. The van der Waals surface area contributed by atoms with Gasteiger partial charge in [0.2, 0.25) is 0 Å². The molecule has 1 aliphatic rings. The molecule has 20 heavy (non-hydrogen) atoms. The smallest absolute Gasteiger partial charge is 0.122 e. The molecule has 0 amide bonds. The van der Waals surface area contributed by atoms with Crippen molar-refractivity contribution in [2.45, 2.75) is 38.8 Å². The van der Waals surface area contributed by atoms with Crippen LogP contribution >= 0.6 is 11.6 Å². The molecule has 0 radical (unpaired) electrons. The van der Waals surface area contributed by atoms with E-state index >= 15 is 0 Å². The molecule has 0 saturated carbocycles. The zero-order valence-corrected chi connectivity index (χ0v) is 13.2. The highest BCUT2D eigenvalue weighted by molar-refractivity contribution is 6.30. The van der Waals surface area contributed by atoms with Crippen molar-refractivity contribution in [2.24, 2.45) is 5.92 Å². The Labute approximate surface area is 126 Å².